The molecule has 28 heavy (non-hydrogen) atoms. The van der Waals surface area contributed by atoms with Crippen LogP contribution < -0.4 is 0 Å². The van der Waals surface area contributed by atoms with Crippen molar-refractivity contribution < 1.29 is 4.79 Å². The van der Waals surface area contributed by atoms with Crippen LogP contribution in [0.1, 0.15) is 47.2 Å². The van der Waals surface area contributed by atoms with Crippen LogP contribution in [0.4, 0.5) is 0 Å². The molecule has 0 bridgehead atoms. The maximum atomic E-state index is 13.1. The fraction of sp³-hybridized carbons (Fsp3) is 0.435. The lowest BCUT2D eigenvalue weighted by Crippen LogP contribution is -2.48. The molecule has 2 heterocycles. The van der Waals surface area contributed by atoms with Gasteiger partial charge in [0.05, 0.1) is 17.2 Å². The Morgan fingerprint density at radius 1 is 1.18 bits per heavy atom. The van der Waals surface area contributed by atoms with Crippen molar-refractivity contribution in [2.75, 3.05) is 19.6 Å². The monoisotopic (exact) mass is 374 g/mol. The summed E-state index contributed by atoms with van der Waals surface area (Å²) in [4.78, 5) is 21.8. The number of benzene rings is 1. The van der Waals surface area contributed by atoms with Gasteiger partial charge in [-0.2, -0.15) is 5.26 Å². The quantitative estimate of drug-likeness (QED) is 0.777. The predicted molar refractivity (Wildman–Crippen MR) is 107 cm³/mol. The standard InChI is InChI=1S/C23H26N4O/c24-14-19-3-1-4-20(13-19)16-26-11-8-22(9-12-26)27(17-18-6-7-18)23(28)21-5-2-10-25-15-21/h1-5,10,13,15,18,22H,6-9,11-12,16-17H2. The molecule has 1 saturated carbocycles. The average Bonchev–Trinajstić information content (AvgIpc) is 3.57. The Labute approximate surface area is 166 Å². The third-order valence-corrected chi connectivity index (χ3v) is 5.78. The van der Waals surface area contributed by atoms with E-state index in [1.165, 1.54) is 18.4 Å². The molecule has 1 aliphatic heterocycles. The van der Waals surface area contributed by atoms with Gasteiger partial charge in [0.2, 0.25) is 0 Å². The Bertz CT molecular complexity index is 848. The van der Waals surface area contributed by atoms with Crippen LogP contribution in [0.15, 0.2) is 48.8 Å². The van der Waals surface area contributed by atoms with Crippen molar-refractivity contribution in [1.82, 2.24) is 14.8 Å². The van der Waals surface area contributed by atoms with Gasteiger partial charge in [0, 0.05) is 44.6 Å². The Morgan fingerprint density at radius 2 is 2.00 bits per heavy atom. The summed E-state index contributed by atoms with van der Waals surface area (Å²) in [6.07, 6.45) is 7.87. The number of nitriles is 1. The molecule has 1 aromatic heterocycles. The number of amides is 1. The minimum absolute atomic E-state index is 0.125. The van der Waals surface area contributed by atoms with Gasteiger partial charge in [-0.15, -0.1) is 0 Å². The first-order valence-corrected chi connectivity index (χ1v) is 10.2. The fourth-order valence-electron chi connectivity index (χ4n) is 4.02. The van der Waals surface area contributed by atoms with Crippen molar-refractivity contribution >= 4 is 5.91 Å². The Hall–Kier alpha value is -2.71. The summed E-state index contributed by atoms with van der Waals surface area (Å²) >= 11 is 0. The van der Waals surface area contributed by atoms with Crippen LogP contribution in [0.2, 0.25) is 0 Å². The highest BCUT2D eigenvalue weighted by Crippen LogP contribution is 2.32. The van der Waals surface area contributed by atoms with Crippen molar-refractivity contribution in [2.24, 2.45) is 5.92 Å². The highest BCUT2D eigenvalue weighted by Gasteiger charge is 2.33. The molecule has 0 atom stereocenters. The molecule has 4 rings (SSSR count). The minimum atomic E-state index is 0.125. The number of pyridine rings is 1. The summed E-state index contributed by atoms with van der Waals surface area (Å²) in [6.45, 7) is 3.69. The number of carbonyl (C=O) groups is 1. The first-order chi connectivity index (χ1) is 13.7. The lowest BCUT2D eigenvalue weighted by molar-refractivity contribution is 0.0551. The summed E-state index contributed by atoms with van der Waals surface area (Å²) in [7, 11) is 0. The zero-order valence-electron chi connectivity index (χ0n) is 16.1. The number of hydrogen-bond acceptors (Lipinski definition) is 4. The summed E-state index contributed by atoms with van der Waals surface area (Å²) in [5, 5.41) is 9.08. The summed E-state index contributed by atoms with van der Waals surface area (Å²) in [5.74, 6) is 0.799. The summed E-state index contributed by atoms with van der Waals surface area (Å²) in [6, 6.07) is 14.1. The van der Waals surface area contributed by atoms with Crippen LogP contribution in [-0.2, 0) is 6.54 Å². The second-order valence-corrected chi connectivity index (χ2v) is 7.96. The predicted octanol–water partition coefficient (Wildman–Crippen LogP) is 3.47. The normalized spacial score (nSPS) is 17.8. The van der Waals surface area contributed by atoms with E-state index in [0.29, 0.717) is 23.1 Å². The van der Waals surface area contributed by atoms with Gasteiger partial charge in [-0.1, -0.05) is 12.1 Å². The first-order valence-electron chi connectivity index (χ1n) is 10.2. The maximum Gasteiger partial charge on any atom is 0.255 e. The van der Waals surface area contributed by atoms with E-state index >= 15 is 0 Å². The Balaban J connectivity index is 1.38. The van der Waals surface area contributed by atoms with Crippen molar-refractivity contribution in [2.45, 2.75) is 38.3 Å². The number of aromatic nitrogens is 1. The highest BCUT2D eigenvalue weighted by atomic mass is 16.2. The van der Waals surface area contributed by atoms with Gasteiger partial charge in [-0.25, -0.2) is 0 Å². The number of piperidine rings is 1. The van der Waals surface area contributed by atoms with Gasteiger partial charge in [0.15, 0.2) is 0 Å². The van der Waals surface area contributed by atoms with E-state index in [2.05, 4.69) is 26.9 Å². The number of rotatable bonds is 6. The maximum absolute atomic E-state index is 13.1. The van der Waals surface area contributed by atoms with E-state index in [-0.39, 0.29) is 5.91 Å². The molecule has 1 aliphatic carbocycles. The molecule has 5 nitrogen and oxygen atoms in total. The number of carbonyl (C=O) groups excluding carboxylic acids is 1. The summed E-state index contributed by atoms with van der Waals surface area (Å²) < 4.78 is 0. The van der Waals surface area contributed by atoms with Gasteiger partial charge >= 0.3 is 0 Å². The number of hydrogen-bond donors (Lipinski definition) is 0. The average molecular weight is 374 g/mol. The van der Waals surface area contributed by atoms with Crippen LogP contribution in [0, 0.1) is 17.2 Å². The second-order valence-electron chi connectivity index (χ2n) is 7.96. The third kappa shape index (κ3) is 4.58. The van der Waals surface area contributed by atoms with Crippen molar-refractivity contribution in [3.8, 4) is 6.07 Å². The van der Waals surface area contributed by atoms with E-state index in [1.54, 1.807) is 12.4 Å². The van der Waals surface area contributed by atoms with E-state index in [4.69, 9.17) is 5.26 Å². The Kier molecular flexibility index (Phi) is 5.68. The van der Waals surface area contributed by atoms with E-state index in [9.17, 15) is 4.79 Å². The highest BCUT2D eigenvalue weighted by molar-refractivity contribution is 5.94. The van der Waals surface area contributed by atoms with E-state index in [0.717, 1.165) is 39.0 Å². The van der Waals surface area contributed by atoms with Crippen molar-refractivity contribution in [3.63, 3.8) is 0 Å². The SMILES string of the molecule is N#Cc1cccc(CN2CCC(N(CC3CC3)C(=O)c3cccnc3)CC2)c1. The molecule has 1 saturated heterocycles. The zero-order valence-corrected chi connectivity index (χ0v) is 16.1. The first kappa shape index (κ1) is 18.6. The third-order valence-electron chi connectivity index (χ3n) is 5.78. The molecule has 144 valence electrons. The fourth-order valence-corrected chi connectivity index (χ4v) is 4.02. The molecule has 0 N–H and O–H groups in total. The molecule has 1 amide bonds. The minimum Gasteiger partial charge on any atom is -0.335 e. The molecular weight excluding hydrogens is 348 g/mol. The van der Waals surface area contributed by atoms with Crippen LogP contribution in [0.3, 0.4) is 0 Å². The smallest absolute Gasteiger partial charge is 0.255 e. The number of nitrogens with zero attached hydrogens (tertiary/aromatic N) is 4. The molecule has 0 spiro atoms. The van der Waals surface area contributed by atoms with Crippen molar-refractivity contribution in [1.29, 1.82) is 5.26 Å². The molecule has 2 aliphatic rings. The van der Waals surface area contributed by atoms with Crippen LogP contribution in [0.25, 0.3) is 0 Å². The van der Waals surface area contributed by atoms with E-state index in [1.807, 2.05) is 30.3 Å². The van der Waals surface area contributed by atoms with Gasteiger partial charge in [0.1, 0.15) is 0 Å². The van der Waals surface area contributed by atoms with Crippen LogP contribution >= 0.6 is 0 Å². The molecule has 2 fully saturated rings. The lowest BCUT2D eigenvalue weighted by Gasteiger charge is -2.39. The van der Waals surface area contributed by atoms with Gasteiger partial charge in [-0.3, -0.25) is 14.7 Å². The molecule has 1 aromatic carbocycles. The van der Waals surface area contributed by atoms with Gasteiger partial charge < -0.3 is 4.90 Å². The van der Waals surface area contributed by atoms with Crippen LogP contribution in [0.5, 0.6) is 0 Å². The topological polar surface area (TPSA) is 60.2 Å². The van der Waals surface area contributed by atoms with Crippen molar-refractivity contribution in [3.05, 3.63) is 65.5 Å². The molecule has 2 aromatic rings. The zero-order chi connectivity index (χ0) is 19.3. The van der Waals surface area contributed by atoms with E-state index < -0.39 is 0 Å². The molecular formula is C23H26N4O. The molecule has 5 heteroatoms. The largest absolute Gasteiger partial charge is 0.335 e. The van der Waals surface area contributed by atoms with Gasteiger partial charge in [0.25, 0.3) is 5.91 Å². The number of likely N-dealkylation sites (tertiary alicyclic amines) is 1. The lowest BCUT2D eigenvalue weighted by atomic mass is 10.0. The molecule has 0 unspecified atom stereocenters. The summed E-state index contributed by atoms with van der Waals surface area (Å²) in [5.41, 5.74) is 2.59. The Morgan fingerprint density at radius 3 is 2.68 bits per heavy atom. The molecule has 0 radical (unpaired) electrons. The van der Waals surface area contributed by atoms with Crippen LogP contribution in [-0.4, -0.2) is 46.4 Å². The second kappa shape index (κ2) is 8.53. The van der Waals surface area contributed by atoms with Gasteiger partial charge in [-0.05, 0) is 61.4 Å².